The smallest absolute Gasteiger partial charge is 0.114 e. The molecular weight excluding hydrogens is 266 g/mol. The fourth-order valence-electron chi connectivity index (χ4n) is 3.41. The minimum absolute atomic E-state index is 0.124. The van der Waals surface area contributed by atoms with E-state index < -0.39 is 0 Å². The van der Waals surface area contributed by atoms with Crippen molar-refractivity contribution < 1.29 is 9.47 Å². The molecule has 5 heteroatoms. The second-order valence-electron chi connectivity index (χ2n) is 6.39. The molecule has 0 radical (unpaired) electrons. The topological polar surface area (TPSA) is 48.3 Å². The standard InChI is InChI=1S/C16H27N3O2/c1-12(2)19-15(5-8-17-19)16-14(7-11-21-16)18-13-4-3-9-20-10-6-13/h5,8,12-14,16,18H,3-4,6-7,9-11H2,1-2H3/t13-,14+,16+/m1/s1. The molecule has 1 aromatic rings. The van der Waals surface area contributed by atoms with E-state index in [1.54, 1.807) is 0 Å². The van der Waals surface area contributed by atoms with Gasteiger partial charge in [0.05, 0.1) is 5.69 Å². The Morgan fingerprint density at radius 1 is 1.24 bits per heavy atom. The molecule has 0 saturated carbocycles. The first-order chi connectivity index (χ1) is 10.3. The third kappa shape index (κ3) is 3.47. The van der Waals surface area contributed by atoms with Crippen LogP contribution >= 0.6 is 0 Å². The van der Waals surface area contributed by atoms with Crippen LogP contribution in [0.3, 0.4) is 0 Å². The van der Waals surface area contributed by atoms with E-state index in [1.807, 2.05) is 6.20 Å². The Morgan fingerprint density at radius 2 is 2.14 bits per heavy atom. The van der Waals surface area contributed by atoms with E-state index in [0.717, 1.165) is 39.1 Å². The monoisotopic (exact) mass is 293 g/mol. The van der Waals surface area contributed by atoms with Crippen molar-refractivity contribution in [2.45, 2.75) is 63.8 Å². The van der Waals surface area contributed by atoms with E-state index in [2.05, 4.69) is 35.0 Å². The van der Waals surface area contributed by atoms with Crippen LogP contribution in [0.15, 0.2) is 12.3 Å². The molecule has 5 nitrogen and oxygen atoms in total. The number of ether oxygens (including phenoxy) is 2. The van der Waals surface area contributed by atoms with E-state index >= 15 is 0 Å². The molecular formula is C16H27N3O2. The van der Waals surface area contributed by atoms with Gasteiger partial charge in [-0.25, -0.2) is 0 Å². The zero-order valence-electron chi connectivity index (χ0n) is 13.1. The molecule has 2 fully saturated rings. The van der Waals surface area contributed by atoms with Gasteiger partial charge >= 0.3 is 0 Å². The SMILES string of the molecule is CC(C)n1nccc1[C@H]1OCC[C@@H]1N[C@@H]1CCCOCC1. The van der Waals surface area contributed by atoms with Crippen molar-refractivity contribution in [3.05, 3.63) is 18.0 Å². The number of hydrogen-bond donors (Lipinski definition) is 1. The van der Waals surface area contributed by atoms with Crippen molar-refractivity contribution in [3.63, 3.8) is 0 Å². The molecule has 3 atom stereocenters. The van der Waals surface area contributed by atoms with Crippen LogP contribution in [0.2, 0.25) is 0 Å². The number of aromatic nitrogens is 2. The van der Waals surface area contributed by atoms with Crippen LogP contribution in [0.25, 0.3) is 0 Å². The Kier molecular flexibility index (Phi) is 4.93. The first kappa shape index (κ1) is 15.0. The molecule has 118 valence electrons. The molecule has 1 N–H and O–H groups in total. The Bertz CT molecular complexity index is 438. The van der Waals surface area contributed by atoms with Gasteiger partial charge in [-0.1, -0.05) is 0 Å². The van der Waals surface area contributed by atoms with E-state index in [-0.39, 0.29) is 6.10 Å². The van der Waals surface area contributed by atoms with Crippen molar-refractivity contribution in [2.75, 3.05) is 19.8 Å². The Balaban J connectivity index is 1.68. The van der Waals surface area contributed by atoms with Gasteiger partial charge in [-0.3, -0.25) is 4.68 Å². The lowest BCUT2D eigenvalue weighted by Crippen LogP contribution is -2.40. The van der Waals surface area contributed by atoms with Gasteiger partial charge in [0.25, 0.3) is 0 Å². The summed E-state index contributed by atoms with van der Waals surface area (Å²) in [7, 11) is 0. The second kappa shape index (κ2) is 6.90. The van der Waals surface area contributed by atoms with E-state index in [9.17, 15) is 0 Å². The molecule has 0 aromatic carbocycles. The Labute approximate surface area is 127 Å². The van der Waals surface area contributed by atoms with Gasteiger partial charge in [-0.2, -0.15) is 5.10 Å². The highest BCUT2D eigenvalue weighted by Gasteiger charge is 2.33. The average Bonchev–Trinajstić information content (AvgIpc) is 3.03. The van der Waals surface area contributed by atoms with Crippen LogP contribution in [-0.2, 0) is 9.47 Å². The molecule has 2 aliphatic heterocycles. The summed E-state index contributed by atoms with van der Waals surface area (Å²) in [6, 6.07) is 3.41. The molecule has 0 bridgehead atoms. The molecule has 2 saturated heterocycles. The highest BCUT2D eigenvalue weighted by Crippen LogP contribution is 2.31. The molecule has 1 aromatic heterocycles. The van der Waals surface area contributed by atoms with Gasteiger partial charge in [0, 0.05) is 44.1 Å². The summed E-state index contributed by atoms with van der Waals surface area (Å²) in [4.78, 5) is 0. The second-order valence-corrected chi connectivity index (χ2v) is 6.39. The predicted molar refractivity (Wildman–Crippen MR) is 81.3 cm³/mol. The molecule has 0 unspecified atom stereocenters. The van der Waals surface area contributed by atoms with Gasteiger partial charge < -0.3 is 14.8 Å². The summed E-state index contributed by atoms with van der Waals surface area (Å²) < 4.78 is 13.7. The van der Waals surface area contributed by atoms with Crippen molar-refractivity contribution in [1.82, 2.24) is 15.1 Å². The van der Waals surface area contributed by atoms with Gasteiger partial charge in [0.15, 0.2) is 0 Å². The number of hydrogen-bond acceptors (Lipinski definition) is 4. The van der Waals surface area contributed by atoms with Crippen LogP contribution < -0.4 is 5.32 Å². The van der Waals surface area contributed by atoms with Gasteiger partial charge in [0.2, 0.25) is 0 Å². The summed E-state index contributed by atoms with van der Waals surface area (Å²) in [5.41, 5.74) is 1.20. The third-order valence-electron chi connectivity index (χ3n) is 4.47. The summed E-state index contributed by atoms with van der Waals surface area (Å²) in [6.07, 6.45) is 6.54. The number of rotatable bonds is 4. The third-order valence-corrected chi connectivity index (χ3v) is 4.47. The molecule has 0 amide bonds. The van der Waals surface area contributed by atoms with E-state index in [4.69, 9.17) is 9.47 Å². The van der Waals surface area contributed by atoms with Crippen LogP contribution in [0, 0.1) is 0 Å². The summed E-state index contributed by atoms with van der Waals surface area (Å²) >= 11 is 0. The fourth-order valence-corrected chi connectivity index (χ4v) is 3.41. The van der Waals surface area contributed by atoms with Crippen LogP contribution in [0.1, 0.15) is 57.4 Å². The maximum atomic E-state index is 6.02. The molecule has 21 heavy (non-hydrogen) atoms. The molecule has 3 heterocycles. The normalized spacial score (nSPS) is 30.7. The van der Waals surface area contributed by atoms with Gasteiger partial charge in [-0.15, -0.1) is 0 Å². The minimum atomic E-state index is 0.124. The van der Waals surface area contributed by atoms with Crippen LogP contribution in [0.4, 0.5) is 0 Å². The summed E-state index contributed by atoms with van der Waals surface area (Å²) in [5.74, 6) is 0. The molecule has 0 spiro atoms. The van der Waals surface area contributed by atoms with Crippen molar-refractivity contribution in [2.24, 2.45) is 0 Å². The Hall–Kier alpha value is -0.910. The quantitative estimate of drug-likeness (QED) is 0.926. The highest BCUT2D eigenvalue weighted by atomic mass is 16.5. The van der Waals surface area contributed by atoms with Crippen molar-refractivity contribution in [3.8, 4) is 0 Å². The van der Waals surface area contributed by atoms with Gasteiger partial charge in [-0.05, 0) is 45.6 Å². The molecule has 0 aliphatic carbocycles. The summed E-state index contributed by atoms with van der Waals surface area (Å²) in [6.45, 7) is 6.94. The van der Waals surface area contributed by atoms with E-state index in [1.165, 1.54) is 12.1 Å². The lowest BCUT2D eigenvalue weighted by atomic mass is 10.0. The molecule has 3 rings (SSSR count). The lowest BCUT2D eigenvalue weighted by Gasteiger charge is -2.26. The summed E-state index contributed by atoms with van der Waals surface area (Å²) in [5, 5.41) is 8.26. The van der Waals surface area contributed by atoms with Gasteiger partial charge in [0.1, 0.15) is 6.10 Å². The molecule has 2 aliphatic rings. The van der Waals surface area contributed by atoms with Crippen LogP contribution in [-0.4, -0.2) is 41.7 Å². The first-order valence-electron chi connectivity index (χ1n) is 8.24. The Morgan fingerprint density at radius 3 is 3.00 bits per heavy atom. The van der Waals surface area contributed by atoms with Crippen molar-refractivity contribution >= 4 is 0 Å². The maximum Gasteiger partial charge on any atom is 0.114 e. The lowest BCUT2D eigenvalue weighted by molar-refractivity contribution is 0.0867. The zero-order valence-corrected chi connectivity index (χ0v) is 13.1. The average molecular weight is 293 g/mol. The minimum Gasteiger partial charge on any atom is -0.381 e. The maximum absolute atomic E-state index is 6.02. The van der Waals surface area contributed by atoms with Crippen LogP contribution in [0.5, 0.6) is 0 Å². The highest BCUT2D eigenvalue weighted by molar-refractivity contribution is 5.11. The fraction of sp³-hybridized carbons (Fsp3) is 0.812. The zero-order chi connectivity index (χ0) is 14.7. The predicted octanol–water partition coefficient (Wildman–Crippen LogP) is 2.45. The number of nitrogens with one attached hydrogen (secondary N) is 1. The van der Waals surface area contributed by atoms with E-state index in [0.29, 0.717) is 18.1 Å². The first-order valence-corrected chi connectivity index (χ1v) is 8.24. The van der Waals surface area contributed by atoms with Crippen molar-refractivity contribution in [1.29, 1.82) is 0 Å². The number of nitrogens with zero attached hydrogens (tertiary/aromatic N) is 2. The largest absolute Gasteiger partial charge is 0.381 e.